The number of aryl methyl sites for hydroxylation is 1. The lowest BCUT2D eigenvalue weighted by atomic mass is 10.1. The highest BCUT2D eigenvalue weighted by atomic mass is 32.2. The summed E-state index contributed by atoms with van der Waals surface area (Å²) in [6, 6.07) is 14.5. The van der Waals surface area contributed by atoms with Crippen LogP contribution in [-0.4, -0.2) is 44.6 Å². The molecule has 0 unspecified atom stereocenters. The van der Waals surface area contributed by atoms with Crippen molar-refractivity contribution < 1.29 is 13.2 Å². The lowest BCUT2D eigenvalue weighted by Crippen LogP contribution is -2.47. The van der Waals surface area contributed by atoms with Crippen molar-refractivity contribution in [2.75, 3.05) is 23.7 Å². The Morgan fingerprint density at radius 2 is 1.73 bits per heavy atom. The van der Waals surface area contributed by atoms with Gasteiger partial charge in [-0.25, -0.2) is 8.42 Å². The van der Waals surface area contributed by atoms with Crippen LogP contribution in [0.5, 0.6) is 0 Å². The number of nitrogens with one attached hydrogen (secondary N) is 1. The number of hydrogen-bond donors (Lipinski definition) is 1. The second-order valence-electron chi connectivity index (χ2n) is 8.09. The Labute approximate surface area is 179 Å². The van der Waals surface area contributed by atoms with Crippen molar-refractivity contribution in [2.45, 2.75) is 45.8 Å². The van der Waals surface area contributed by atoms with Crippen molar-refractivity contribution in [3.05, 3.63) is 65.2 Å². The van der Waals surface area contributed by atoms with Crippen LogP contribution in [0.4, 0.5) is 5.69 Å². The molecule has 0 saturated carbocycles. The average Bonchev–Trinajstić information content (AvgIpc) is 3.20. The fourth-order valence-corrected chi connectivity index (χ4v) is 5.05. The van der Waals surface area contributed by atoms with Gasteiger partial charge in [0.25, 0.3) is 0 Å². The molecule has 1 aliphatic rings. The molecular formula is C23H31N3O3S. The summed E-state index contributed by atoms with van der Waals surface area (Å²) in [7, 11) is -3.61. The van der Waals surface area contributed by atoms with Crippen LogP contribution in [0.2, 0.25) is 0 Å². The molecule has 3 rings (SSSR count). The molecule has 1 N–H and O–H groups in total. The third kappa shape index (κ3) is 5.83. The van der Waals surface area contributed by atoms with Crippen molar-refractivity contribution in [1.82, 2.24) is 10.2 Å². The summed E-state index contributed by atoms with van der Waals surface area (Å²) < 4.78 is 25.9. The molecule has 1 heterocycles. The number of sulfonamides is 1. The maximum atomic E-state index is 12.8. The summed E-state index contributed by atoms with van der Waals surface area (Å²) in [5.41, 5.74) is 3.75. The number of rotatable bonds is 8. The molecule has 1 saturated heterocycles. The first-order chi connectivity index (χ1) is 14.2. The number of benzene rings is 2. The van der Waals surface area contributed by atoms with E-state index in [0.29, 0.717) is 12.2 Å². The minimum Gasteiger partial charge on any atom is -0.350 e. The summed E-state index contributed by atoms with van der Waals surface area (Å²) in [5, 5.41) is 2.89. The Bertz CT molecular complexity index is 967. The van der Waals surface area contributed by atoms with Gasteiger partial charge < -0.3 is 5.32 Å². The lowest BCUT2D eigenvalue weighted by molar-refractivity contribution is -0.122. The Hall–Kier alpha value is -2.38. The highest BCUT2D eigenvalue weighted by molar-refractivity contribution is 7.92. The Balaban J connectivity index is 1.66. The van der Waals surface area contributed by atoms with Crippen molar-refractivity contribution in [1.29, 1.82) is 0 Å². The summed E-state index contributed by atoms with van der Waals surface area (Å²) in [6.07, 6.45) is 3.63. The van der Waals surface area contributed by atoms with Gasteiger partial charge in [0.1, 0.15) is 6.04 Å². The molecule has 0 aliphatic carbocycles. The van der Waals surface area contributed by atoms with Gasteiger partial charge in [0.05, 0.1) is 11.9 Å². The second kappa shape index (κ2) is 9.62. The number of nitrogens with zero attached hydrogens (tertiary/aromatic N) is 2. The van der Waals surface area contributed by atoms with E-state index in [1.807, 2.05) is 31.2 Å². The zero-order chi connectivity index (χ0) is 21.7. The van der Waals surface area contributed by atoms with Crippen LogP contribution in [0.25, 0.3) is 0 Å². The molecule has 7 heteroatoms. The first-order valence-corrected chi connectivity index (χ1v) is 12.2. The number of amides is 1. The highest BCUT2D eigenvalue weighted by Crippen LogP contribution is 2.21. The minimum atomic E-state index is -3.61. The van der Waals surface area contributed by atoms with E-state index in [1.165, 1.54) is 22.7 Å². The molecule has 0 spiro atoms. The molecular weight excluding hydrogens is 398 g/mol. The second-order valence-corrected chi connectivity index (χ2v) is 9.95. The Kier molecular flexibility index (Phi) is 7.15. The number of carbonyl (C=O) groups excluding carboxylic acids is 1. The zero-order valence-corrected chi connectivity index (χ0v) is 18.8. The van der Waals surface area contributed by atoms with E-state index in [-0.39, 0.29) is 5.91 Å². The summed E-state index contributed by atoms with van der Waals surface area (Å²) in [6.45, 7) is 7.11. The molecule has 0 radical (unpaired) electrons. The van der Waals surface area contributed by atoms with E-state index in [0.717, 1.165) is 37.0 Å². The van der Waals surface area contributed by atoms with Gasteiger partial charge in [0.15, 0.2) is 0 Å². The number of carbonyl (C=O) groups is 1. The number of anilines is 1. The summed E-state index contributed by atoms with van der Waals surface area (Å²) in [4.78, 5) is 15.2. The molecule has 1 atom stereocenters. The van der Waals surface area contributed by atoms with Crippen LogP contribution in [0, 0.1) is 6.92 Å². The molecule has 1 amide bonds. The van der Waals surface area contributed by atoms with E-state index in [4.69, 9.17) is 0 Å². The predicted octanol–water partition coefficient (Wildman–Crippen LogP) is 3.06. The largest absolute Gasteiger partial charge is 0.350 e. The molecule has 2 aromatic rings. The van der Waals surface area contributed by atoms with Crippen molar-refractivity contribution in [3.8, 4) is 0 Å². The monoisotopic (exact) mass is 429 g/mol. The summed E-state index contributed by atoms with van der Waals surface area (Å²) >= 11 is 0. The van der Waals surface area contributed by atoms with Crippen LogP contribution in [0.3, 0.4) is 0 Å². The van der Waals surface area contributed by atoms with Gasteiger partial charge in [-0.1, -0.05) is 42.0 Å². The summed E-state index contributed by atoms with van der Waals surface area (Å²) in [5.74, 6) is -0.328. The van der Waals surface area contributed by atoms with Gasteiger partial charge in [0, 0.05) is 13.1 Å². The minimum absolute atomic E-state index is 0.328. The van der Waals surface area contributed by atoms with E-state index >= 15 is 0 Å². The molecule has 162 valence electrons. The topological polar surface area (TPSA) is 69.7 Å². The Morgan fingerprint density at radius 3 is 2.37 bits per heavy atom. The van der Waals surface area contributed by atoms with Gasteiger partial charge in [-0.3, -0.25) is 14.0 Å². The van der Waals surface area contributed by atoms with E-state index < -0.39 is 16.1 Å². The number of likely N-dealkylation sites (tertiary alicyclic amines) is 1. The first kappa shape index (κ1) is 22.3. The molecule has 1 aliphatic heterocycles. The SMILES string of the molecule is Cc1ccc(N([C@H](C)C(=O)NCc2cccc(CN3CCCC3)c2)S(C)(=O)=O)cc1. The maximum absolute atomic E-state index is 12.8. The third-order valence-electron chi connectivity index (χ3n) is 5.44. The van der Waals surface area contributed by atoms with E-state index in [9.17, 15) is 13.2 Å². The van der Waals surface area contributed by atoms with Crippen LogP contribution in [-0.2, 0) is 27.9 Å². The van der Waals surface area contributed by atoms with Gasteiger partial charge in [0.2, 0.25) is 15.9 Å². The normalized spacial score (nSPS) is 15.7. The quantitative estimate of drug-likeness (QED) is 0.700. The average molecular weight is 430 g/mol. The van der Waals surface area contributed by atoms with E-state index in [1.54, 1.807) is 19.1 Å². The predicted molar refractivity (Wildman–Crippen MR) is 121 cm³/mol. The standard InChI is InChI=1S/C23H31N3O3S/c1-18-9-11-22(12-10-18)26(30(3,28)29)19(2)23(27)24-16-20-7-6-8-21(15-20)17-25-13-4-5-14-25/h6-12,15,19H,4-5,13-14,16-17H2,1-3H3,(H,24,27)/t19-/m1/s1. The zero-order valence-electron chi connectivity index (χ0n) is 18.0. The third-order valence-corrected chi connectivity index (χ3v) is 6.68. The molecule has 30 heavy (non-hydrogen) atoms. The molecule has 1 fully saturated rings. The fourth-order valence-electron chi connectivity index (χ4n) is 3.87. The maximum Gasteiger partial charge on any atom is 0.243 e. The van der Waals surface area contributed by atoms with Gasteiger partial charge in [-0.05, 0) is 63.0 Å². The molecule has 0 bridgehead atoms. The van der Waals surface area contributed by atoms with Crippen molar-refractivity contribution >= 4 is 21.6 Å². The number of hydrogen-bond acceptors (Lipinski definition) is 4. The molecule has 6 nitrogen and oxygen atoms in total. The fraction of sp³-hybridized carbons (Fsp3) is 0.435. The van der Waals surface area contributed by atoms with Crippen LogP contribution < -0.4 is 9.62 Å². The van der Waals surface area contributed by atoms with Crippen molar-refractivity contribution in [2.24, 2.45) is 0 Å². The van der Waals surface area contributed by atoms with Gasteiger partial charge in [-0.2, -0.15) is 0 Å². The molecule has 2 aromatic carbocycles. The first-order valence-electron chi connectivity index (χ1n) is 10.4. The van der Waals surface area contributed by atoms with Gasteiger partial charge in [-0.15, -0.1) is 0 Å². The molecule has 0 aromatic heterocycles. The van der Waals surface area contributed by atoms with Crippen LogP contribution in [0.15, 0.2) is 48.5 Å². The van der Waals surface area contributed by atoms with Crippen LogP contribution in [0.1, 0.15) is 36.5 Å². The van der Waals surface area contributed by atoms with Crippen molar-refractivity contribution in [3.63, 3.8) is 0 Å². The van der Waals surface area contributed by atoms with Crippen LogP contribution >= 0.6 is 0 Å². The van der Waals surface area contributed by atoms with Gasteiger partial charge >= 0.3 is 0 Å². The van der Waals surface area contributed by atoms with E-state index in [2.05, 4.69) is 22.3 Å². The highest BCUT2D eigenvalue weighted by Gasteiger charge is 2.28. The smallest absolute Gasteiger partial charge is 0.243 e. The Morgan fingerprint density at radius 1 is 1.10 bits per heavy atom. The lowest BCUT2D eigenvalue weighted by Gasteiger charge is -2.28.